The second-order valence-electron chi connectivity index (χ2n) is 7.07. The third kappa shape index (κ3) is 6.24. The molecule has 178 valence electrons. The number of aliphatic carboxylic acids is 1. The maximum Gasteiger partial charge on any atom is 0.303 e. The number of benzene rings is 1. The number of nitrogens with zero attached hydrogens (tertiary/aromatic N) is 1. The summed E-state index contributed by atoms with van der Waals surface area (Å²) in [6.07, 6.45) is 0.138. The van der Waals surface area contributed by atoms with Gasteiger partial charge in [-0.05, 0) is 38.5 Å². The van der Waals surface area contributed by atoms with Gasteiger partial charge in [0.2, 0.25) is 10.0 Å². The molecule has 2 rings (SSSR count). The van der Waals surface area contributed by atoms with Crippen LogP contribution in [0.2, 0.25) is 0 Å². The van der Waals surface area contributed by atoms with Gasteiger partial charge in [0, 0.05) is 18.4 Å². The van der Waals surface area contributed by atoms with Gasteiger partial charge in [0.25, 0.3) is 5.91 Å². The third-order valence-electron chi connectivity index (χ3n) is 4.52. The van der Waals surface area contributed by atoms with E-state index in [1.165, 1.54) is 25.1 Å². The molecule has 1 heterocycles. The summed E-state index contributed by atoms with van der Waals surface area (Å²) < 4.78 is 39.1. The summed E-state index contributed by atoms with van der Waals surface area (Å²) in [5, 5.41) is 30.0. The average molecular weight is 480 g/mol. The van der Waals surface area contributed by atoms with Gasteiger partial charge in [0.1, 0.15) is 17.6 Å². The summed E-state index contributed by atoms with van der Waals surface area (Å²) in [4.78, 5) is 22.9. The van der Waals surface area contributed by atoms with Crippen molar-refractivity contribution in [3.05, 3.63) is 35.3 Å². The smallest absolute Gasteiger partial charge is 0.303 e. The molecule has 1 aromatic carbocycles. The van der Waals surface area contributed by atoms with Gasteiger partial charge in [-0.2, -0.15) is 5.26 Å². The molecule has 0 saturated carbocycles. The summed E-state index contributed by atoms with van der Waals surface area (Å²) in [5.74, 6) is -1.84. The molecule has 1 atom stereocenters. The number of aliphatic hydroxyl groups excluding tert-OH is 1. The fraction of sp³-hybridized carbons (Fsp3) is 0.381. The number of carboxylic acids is 1. The third-order valence-corrected chi connectivity index (χ3v) is 6.12. The van der Waals surface area contributed by atoms with Gasteiger partial charge in [-0.15, -0.1) is 0 Å². The number of carbonyl (C=O) groups is 2. The molecule has 0 aliphatic heterocycles. The fourth-order valence-electron chi connectivity index (χ4n) is 2.96. The first kappa shape index (κ1) is 25.7. The minimum Gasteiger partial charge on any atom is -0.511 e. The molecule has 12 heteroatoms. The van der Waals surface area contributed by atoms with E-state index in [1.807, 2.05) is 0 Å². The number of amides is 1. The van der Waals surface area contributed by atoms with E-state index in [0.29, 0.717) is 0 Å². The van der Waals surface area contributed by atoms with Crippen LogP contribution in [-0.4, -0.2) is 43.7 Å². The maximum atomic E-state index is 12.7. The highest BCUT2D eigenvalue weighted by molar-refractivity contribution is 7.89. The molecule has 4 N–H and O–H groups in total. The minimum atomic E-state index is -3.87. The van der Waals surface area contributed by atoms with Crippen molar-refractivity contribution in [1.82, 2.24) is 10.0 Å². The number of aliphatic hydroxyl groups is 1. The van der Waals surface area contributed by atoms with Gasteiger partial charge in [0.15, 0.2) is 16.9 Å². The van der Waals surface area contributed by atoms with Crippen molar-refractivity contribution in [3.63, 3.8) is 0 Å². The topological polar surface area (TPSA) is 179 Å². The second-order valence-corrected chi connectivity index (χ2v) is 8.80. The number of furan rings is 1. The molecule has 11 nitrogen and oxygen atoms in total. The van der Waals surface area contributed by atoms with Gasteiger partial charge in [-0.3, -0.25) is 9.59 Å². The monoisotopic (exact) mass is 479 g/mol. The molecule has 33 heavy (non-hydrogen) atoms. The molecule has 0 saturated heterocycles. The standard InChI is InChI=1S/C21H25N3O8S/c1-4-23-33(29,30)18-8-7-16(31-9-5-6-19(26)27)20-14(18)10-17(32-20)12(2)24-21(28)15(11-22)13(3)25/h7-8,10,12,23,25H,4-6,9H2,1-3H3,(H,24,28)(H,26,27)/b15-13+. The first-order valence-electron chi connectivity index (χ1n) is 10.0. The Morgan fingerprint density at radius 2 is 2.00 bits per heavy atom. The highest BCUT2D eigenvalue weighted by atomic mass is 32.2. The van der Waals surface area contributed by atoms with Gasteiger partial charge < -0.3 is 24.7 Å². The number of hydrogen-bond acceptors (Lipinski definition) is 8. The molecule has 1 amide bonds. The largest absolute Gasteiger partial charge is 0.511 e. The first-order chi connectivity index (χ1) is 15.5. The van der Waals surface area contributed by atoms with Crippen LogP contribution in [0, 0.1) is 11.3 Å². The molecular weight excluding hydrogens is 454 g/mol. The number of fused-ring (bicyclic) bond motifs is 1. The van der Waals surface area contributed by atoms with Gasteiger partial charge in [-0.25, -0.2) is 13.1 Å². The van der Waals surface area contributed by atoms with Crippen LogP contribution in [0.4, 0.5) is 0 Å². The average Bonchev–Trinajstić information content (AvgIpc) is 3.16. The Bertz CT molecular complexity index is 1220. The number of hydrogen-bond donors (Lipinski definition) is 4. The van der Waals surface area contributed by atoms with Crippen LogP contribution in [0.25, 0.3) is 11.0 Å². The van der Waals surface area contributed by atoms with E-state index < -0.39 is 39.3 Å². The highest BCUT2D eigenvalue weighted by Gasteiger charge is 2.25. The number of sulfonamides is 1. The van der Waals surface area contributed by atoms with Gasteiger partial charge in [0.05, 0.1) is 17.5 Å². The predicted molar refractivity (Wildman–Crippen MR) is 117 cm³/mol. The van der Waals surface area contributed by atoms with E-state index >= 15 is 0 Å². The highest BCUT2D eigenvalue weighted by Crippen LogP contribution is 2.35. The van der Waals surface area contributed by atoms with E-state index in [4.69, 9.17) is 19.5 Å². The zero-order valence-corrected chi connectivity index (χ0v) is 19.2. The second kappa shape index (κ2) is 10.8. The number of nitriles is 1. The molecule has 2 aromatic rings. The van der Waals surface area contributed by atoms with Crippen molar-refractivity contribution in [2.24, 2.45) is 0 Å². The van der Waals surface area contributed by atoms with Crippen molar-refractivity contribution in [2.45, 2.75) is 44.6 Å². The van der Waals surface area contributed by atoms with Crippen LogP contribution in [0.1, 0.15) is 45.4 Å². The van der Waals surface area contributed by atoms with E-state index in [2.05, 4.69) is 10.0 Å². The van der Waals surface area contributed by atoms with Gasteiger partial charge >= 0.3 is 5.97 Å². The number of nitrogens with one attached hydrogen (secondary N) is 2. The number of allylic oxidation sites excluding steroid dienone is 1. The van der Waals surface area contributed by atoms with Crippen LogP contribution in [-0.2, 0) is 19.6 Å². The lowest BCUT2D eigenvalue weighted by molar-refractivity contribution is -0.137. The van der Waals surface area contributed by atoms with E-state index in [1.54, 1.807) is 19.9 Å². The number of carbonyl (C=O) groups excluding carboxylic acids is 1. The SMILES string of the molecule is CCNS(=O)(=O)c1ccc(OCCCC(=O)O)c2oc(C(C)NC(=O)/C(C#N)=C(\C)O)cc12. The molecular formula is C21H25N3O8S. The van der Waals surface area contributed by atoms with Crippen molar-refractivity contribution in [2.75, 3.05) is 13.2 Å². The molecule has 0 aliphatic carbocycles. The Balaban J connectivity index is 2.47. The van der Waals surface area contributed by atoms with E-state index in [-0.39, 0.29) is 53.4 Å². The summed E-state index contributed by atoms with van der Waals surface area (Å²) in [5.41, 5.74) is -0.356. The van der Waals surface area contributed by atoms with Crippen molar-refractivity contribution >= 4 is 32.9 Å². The van der Waals surface area contributed by atoms with Crippen LogP contribution in [0.5, 0.6) is 5.75 Å². The first-order valence-corrected chi connectivity index (χ1v) is 11.5. The maximum absolute atomic E-state index is 12.7. The van der Waals surface area contributed by atoms with Crippen LogP contribution in [0.15, 0.2) is 38.8 Å². The quantitative estimate of drug-likeness (QED) is 0.163. The van der Waals surface area contributed by atoms with Crippen molar-refractivity contribution in [3.8, 4) is 11.8 Å². The lowest BCUT2D eigenvalue weighted by Gasteiger charge is -2.11. The molecule has 1 aromatic heterocycles. The zero-order chi connectivity index (χ0) is 24.8. The zero-order valence-electron chi connectivity index (χ0n) is 18.3. The Kier molecular flexibility index (Phi) is 8.44. The lowest BCUT2D eigenvalue weighted by atomic mass is 10.2. The molecule has 0 aliphatic rings. The van der Waals surface area contributed by atoms with Crippen LogP contribution in [0.3, 0.4) is 0 Å². The molecule has 0 bridgehead atoms. The molecule has 1 unspecified atom stereocenters. The molecule has 0 spiro atoms. The molecule has 0 fully saturated rings. The number of carboxylic acid groups (broad SMARTS) is 1. The van der Waals surface area contributed by atoms with Gasteiger partial charge in [-0.1, -0.05) is 6.92 Å². The fourth-order valence-corrected chi connectivity index (χ4v) is 4.19. The van der Waals surface area contributed by atoms with Crippen LogP contribution < -0.4 is 14.8 Å². The summed E-state index contributed by atoms with van der Waals surface area (Å²) in [6, 6.07) is 5.02. The predicted octanol–water partition coefficient (Wildman–Crippen LogP) is 2.51. The van der Waals surface area contributed by atoms with E-state index in [9.17, 15) is 23.1 Å². The summed E-state index contributed by atoms with van der Waals surface area (Å²) in [7, 11) is -3.87. The summed E-state index contributed by atoms with van der Waals surface area (Å²) in [6.45, 7) is 4.63. The van der Waals surface area contributed by atoms with Crippen molar-refractivity contribution in [1.29, 1.82) is 5.26 Å². The van der Waals surface area contributed by atoms with Crippen molar-refractivity contribution < 1.29 is 37.4 Å². The van der Waals surface area contributed by atoms with E-state index in [0.717, 1.165) is 0 Å². The Labute approximate surface area is 190 Å². The number of ether oxygens (including phenoxy) is 1. The van der Waals surface area contributed by atoms with Crippen LogP contribution >= 0.6 is 0 Å². The lowest BCUT2D eigenvalue weighted by Crippen LogP contribution is -2.28. The molecule has 0 radical (unpaired) electrons. The Hall–Kier alpha value is -3.56. The Morgan fingerprint density at radius 3 is 2.58 bits per heavy atom. The number of rotatable bonds is 11. The normalized spacial score (nSPS) is 13.2. The minimum absolute atomic E-state index is 0.0606. The Morgan fingerprint density at radius 1 is 1.30 bits per heavy atom. The summed E-state index contributed by atoms with van der Waals surface area (Å²) >= 11 is 0.